The maximum absolute atomic E-state index is 14.5. The molecule has 1 aliphatic carbocycles. The molecule has 0 radical (unpaired) electrons. The summed E-state index contributed by atoms with van der Waals surface area (Å²) in [5.74, 6) is -0.0955. The average Bonchev–Trinajstić information content (AvgIpc) is 3.52. The van der Waals surface area contributed by atoms with Crippen molar-refractivity contribution in [3.8, 4) is 21.8 Å². The topological polar surface area (TPSA) is 146 Å². The van der Waals surface area contributed by atoms with E-state index in [1.165, 1.54) is 17.4 Å². The van der Waals surface area contributed by atoms with Crippen LogP contribution >= 0.6 is 22.9 Å². The molecular formula is C21H22ClFN6O4S2. The first-order valence-corrected chi connectivity index (χ1v) is 13.6. The number of anilines is 2. The van der Waals surface area contributed by atoms with Crippen LogP contribution in [0.4, 0.5) is 20.8 Å². The largest absolute Gasteiger partial charge is 0.465 e. The molecule has 2 heterocycles. The standard InChI is InChI=1S/C21H22ClFN6O4S2/c1-10(26-21(30)31)9-25-20-24-6-5-14(27-20)18-17(28-19(34-18)11-3-4-11)13-7-12(23)8-15(16(13)22)29-35(2,32)33/h5-8,10-11,26,29H,3-4,9H2,1-2H3,(H,30,31)(H,24,25,27). The lowest BCUT2D eigenvalue weighted by molar-refractivity contribution is 0.191. The molecule has 10 nitrogen and oxygen atoms in total. The van der Waals surface area contributed by atoms with Crippen molar-refractivity contribution < 1.29 is 22.7 Å². The Bertz CT molecular complexity index is 1380. The van der Waals surface area contributed by atoms with Crippen LogP contribution in [0.25, 0.3) is 21.8 Å². The maximum Gasteiger partial charge on any atom is 0.404 e. The van der Waals surface area contributed by atoms with Gasteiger partial charge < -0.3 is 15.7 Å². The third-order valence-electron chi connectivity index (χ3n) is 4.98. The number of carbonyl (C=O) groups is 1. The van der Waals surface area contributed by atoms with E-state index in [4.69, 9.17) is 21.7 Å². The number of nitrogens with one attached hydrogen (secondary N) is 3. The number of aromatic nitrogens is 3. The van der Waals surface area contributed by atoms with Crippen LogP contribution in [-0.2, 0) is 10.0 Å². The third-order valence-corrected chi connectivity index (χ3v) is 7.22. The predicted octanol–water partition coefficient (Wildman–Crippen LogP) is 4.38. The average molecular weight is 541 g/mol. The molecule has 14 heteroatoms. The Labute approximate surface area is 210 Å². The van der Waals surface area contributed by atoms with E-state index in [1.807, 2.05) is 0 Å². The van der Waals surface area contributed by atoms with Crippen LogP contribution in [0.2, 0.25) is 5.02 Å². The van der Waals surface area contributed by atoms with Crippen molar-refractivity contribution in [3.05, 3.63) is 40.2 Å². The molecule has 2 aromatic heterocycles. The van der Waals surface area contributed by atoms with Crippen molar-refractivity contribution in [1.82, 2.24) is 20.3 Å². The van der Waals surface area contributed by atoms with Crippen molar-refractivity contribution in [1.29, 1.82) is 0 Å². The minimum atomic E-state index is -3.69. The van der Waals surface area contributed by atoms with Gasteiger partial charge in [-0.05, 0) is 38.0 Å². The second kappa shape index (κ2) is 9.91. The molecule has 0 spiro atoms. The summed E-state index contributed by atoms with van der Waals surface area (Å²) in [7, 11) is -3.69. The van der Waals surface area contributed by atoms with Gasteiger partial charge in [-0.1, -0.05) is 11.6 Å². The number of amides is 1. The minimum absolute atomic E-state index is 0.0201. The summed E-state index contributed by atoms with van der Waals surface area (Å²) in [6.07, 6.45) is 3.36. The summed E-state index contributed by atoms with van der Waals surface area (Å²) < 4.78 is 40.2. The number of nitrogens with zero attached hydrogens (tertiary/aromatic N) is 3. The number of rotatable bonds is 9. The zero-order valence-corrected chi connectivity index (χ0v) is 21.1. The maximum atomic E-state index is 14.5. The van der Waals surface area contributed by atoms with Gasteiger partial charge in [-0.3, -0.25) is 4.72 Å². The number of thiazole rings is 1. The van der Waals surface area contributed by atoms with Crippen LogP contribution in [-0.4, -0.2) is 53.4 Å². The molecule has 0 aliphatic heterocycles. The summed E-state index contributed by atoms with van der Waals surface area (Å²) in [4.78, 5) is 24.9. The Morgan fingerprint density at radius 3 is 2.74 bits per heavy atom. The molecule has 0 saturated heterocycles. The van der Waals surface area contributed by atoms with Crippen LogP contribution in [0, 0.1) is 5.82 Å². The van der Waals surface area contributed by atoms with E-state index < -0.39 is 21.9 Å². The van der Waals surface area contributed by atoms with Gasteiger partial charge in [-0.2, -0.15) is 0 Å². The molecule has 1 amide bonds. The van der Waals surface area contributed by atoms with E-state index in [0.29, 0.717) is 22.2 Å². The zero-order chi connectivity index (χ0) is 25.3. The second-order valence-electron chi connectivity index (χ2n) is 8.19. The summed E-state index contributed by atoms with van der Waals surface area (Å²) >= 11 is 7.93. The van der Waals surface area contributed by atoms with Gasteiger partial charge in [0, 0.05) is 30.3 Å². The van der Waals surface area contributed by atoms with E-state index in [2.05, 4.69) is 25.3 Å². The fraction of sp³-hybridized carbons (Fsp3) is 0.333. The lowest BCUT2D eigenvalue weighted by Gasteiger charge is -2.13. The Morgan fingerprint density at radius 1 is 1.34 bits per heavy atom. The molecule has 1 unspecified atom stereocenters. The molecule has 186 valence electrons. The van der Waals surface area contributed by atoms with Gasteiger partial charge >= 0.3 is 6.09 Å². The van der Waals surface area contributed by atoms with E-state index >= 15 is 0 Å². The van der Waals surface area contributed by atoms with Crippen molar-refractivity contribution in [2.75, 3.05) is 22.8 Å². The lowest BCUT2D eigenvalue weighted by atomic mass is 10.1. The Kier molecular flexibility index (Phi) is 7.10. The molecule has 1 aliphatic rings. The number of benzene rings is 1. The van der Waals surface area contributed by atoms with Crippen LogP contribution in [0.15, 0.2) is 24.4 Å². The van der Waals surface area contributed by atoms with E-state index in [9.17, 15) is 17.6 Å². The van der Waals surface area contributed by atoms with Crippen molar-refractivity contribution in [2.24, 2.45) is 0 Å². The minimum Gasteiger partial charge on any atom is -0.465 e. The van der Waals surface area contributed by atoms with Crippen LogP contribution in [0.3, 0.4) is 0 Å². The quantitative estimate of drug-likeness (QED) is 0.313. The Morgan fingerprint density at radius 2 is 2.09 bits per heavy atom. The molecule has 1 fully saturated rings. The molecule has 3 aromatic rings. The second-order valence-corrected chi connectivity index (χ2v) is 11.3. The van der Waals surface area contributed by atoms with E-state index in [1.54, 1.807) is 19.2 Å². The highest BCUT2D eigenvalue weighted by molar-refractivity contribution is 7.92. The number of sulfonamides is 1. The first-order valence-electron chi connectivity index (χ1n) is 10.5. The van der Waals surface area contributed by atoms with Crippen LogP contribution < -0.4 is 15.4 Å². The summed E-state index contributed by atoms with van der Waals surface area (Å²) in [6.45, 7) is 1.96. The van der Waals surface area contributed by atoms with Gasteiger partial charge in [0.1, 0.15) is 5.82 Å². The van der Waals surface area contributed by atoms with Gasteiger partial charge in [0.2, 0.25) is 16.0 Å². The first kappa shape index (κ1) is 25.1. The monoisotopic (exact) mass is 540 g/mol. The van der Waals surface area contributed by atoms with Crippen molar-refractivity contribution in [2.45, 2.75) is 31.7 Å². The Balaban J connectivity index is 1.73. The van der Waals surface area contributed by atoms with Gasteiger partial charge in [-0.15, -0.1) is 11.3 Å². The summed E-state index contributed by atoms with van der Waals surface area (Å²) in [6, 6.07) is 3.53. The normalized spacial score (nSPS) is 14.4. The molecular weight excluding hydrogens is 519 g/mol. The number of hydrogen-bond donors (Lipinski definition) is 4. The molecule has 1 aromatic carbocycles. The lowest BCUT2D eigenvalue weighted by Crippen LogP contribution is -2.36. The van der Waals surface area contributed by atoms with Gasteiger partial charge in [0.15, 0.2) is 0 Å². The molecule has 4 rings (SSSR count). The Hall–Kier alpha value is -3.03. The highest BCUT2D eigenvalue weighted by Gasteiger charge is 2.30. The van der Waals surface area contributed by atoms with Gasteiger partial charge in [0.25, 0.3) is 0 Å². The molecule has 35 heavy (non-hydrogen) atoms. The highest BCUT2D eigenvalue weighted by atomic mass is 35.5. The fourth-order valence-corrected chi connectivity index (χ4v) is 5.39. The highest BCUT2D eigenvalue weighted by Crippen LogP contribution is 2.48. The van der Waals surface area contributed by atoms with Crippen LogP contribution in [0.1, 0.15) is 30.7 Å². The smallest absolute Gasteiger partial charge is 0.404 e. The summed E-state index contributed by atoms with van der Waals surface area (Å²) in [5, 5.41) is 15.0. The van der Waals surface area contributed by atoms with Crippen LogP contribution in [0.5, 0.6) is 0 Å². The molecule has 1 saturated carbocycles. The van der Waals surface area contributed by atoms with Gasteiger partial charge in [0.05, 0.1) is 38.2 Å². The SMILES string of the molecule is CC(CNc1nccc(-c2sc(C3CC3)nc2-c2cc(F)cc(NS(C)(=O)=O)c2Cl)n1)NC(=O)O. The fourth-order valence-electron chi connectivity index (χ4n) is 3.31. The number of hydrogen-bond acceptors (Lipinski definition) is 8. The zero-order valence-electron chi connectivity index (χ0n) is 18.7. The van der Waals surface area contributed by atoms with Crippen molar-refractivity contribution >= 4 is 50.7 Å². The van der Waals surface area contributed by atoms with Gasteiger partial charge in [-0.25, -0.2) is 32.6 Å². The third kappa shape index (κ3) is 6.35. The molecule has 1 atom stereocenters. The van der Waals surface area contributed by atoms with Crippen molar-refractivity contribution in [3.63, 3.8) is 0 Å². The number of halogens is 2. The summed E-state index contributed by atoms with van der Waals surface area (Å²) in [5.41, 5.74) is 1.06. The number of carboxylic acid groups (broad SMARTS) is 1. The molecule has 0 bridgehead atoms. The van der Waals surface area contributed by atoms with E-state index in [-0.39, 0.29) is 34.8 Å². The molecule has 4 N–H and O–H groups in total. The first-order chi connectivity index (χ1) is 16.5. The predicted molar refractivity (Wildman–Crippen MR) is 133 cm³/mol. The van der Waals surface area contributed by atoms with E-state index in [0.717, 1.165) is 30.2 Å².